The Kier molecular flexibility index (Phi) is 8.07. The van der Waals surface area contributed by atoms with Gasteiger partial charge in [0, 0.05) is 0 Å². The number of nitrogen functional groups attached to an aromatic ring is 1. The zero-order valence-corrected chi connectivity index (χ0v) is 21.4. The number of rotatable bonds is 10. The molecule has 6 N–H and O–H groups in total. The minimum absolute atomic E-state index is 0.186. The number of esters is 1. The van der Waals surface area contributed by atoms with E-state index in [4.69, 9.17) is 30.0 Å². The number of benzene rings is 1. The summed E-state index contributed by atoms with van der Waals surface area (Å²) in [5.74, 6) is -0.207. The molecule has 0 aliphatic carbocycles. The lowest BCUT2D eigenvalue weighted by molar-refractivity contribution is -0.149. The molecule has 0 saturated carbocycles. The van der Waals surface area contributed by atoms with Crippen LogP contribution in [0.3, 0.4) is 0 Å². The number of fused-ring (bicyclic) bond motifs is 1. The number of para-hydroxylation sites is 1. The number of hydrogen-bond acceptors (Lipinski definition) is 12. The molecule has 6 atom stereocenters. The number of carbonyl (C=O) groups is 1. The van der Waals surface area contributed by atoms with E-state index < -0.39 is 44.2 Å². The molecule has 200 valence electrons. The van der Waals surface area contributed by atoms with Gasteiger partial charge >= 0.3 is 13.7 Å². The van der Waals surface area contributed by atoms with Gasteiger partial charge in [-0.15, -0.1) is 0 Å². The predicted octanol–water partition coefficient (Wildman–Crippen LogP) is 1.13. The van der Waals surface area contributed by atoms with Crippen molar-refractivity contribution in [1.29, 1.82) is 0 Å². The van der Waals surface area contributed by atoms with E-state index in [1.165, 1.54) is 24.1 Å². The van der Waals surface area contributed by atoms with Crippen LogP contribution in [0.4, 0.5) is 5.82 Å². The number of aliphatic hydroxyl groups excluding tert-OH is 1. The molecule has 0 bridgehead atoms. The fraction of sp³-hybridized carbons (Fsp3) is 0.455. The highest BCUT2D eigenvalue weighted by atomic mass is 31.2. The van der Waals surface area contributed by atoms with E-state index in [-0.39, 0.29) is 24.3 Å². The first-order valence-corrected chi connectivity index (χ1v) is 13.1. The minimum atomic E-state index is -4.16. The van der Waals surface area contributed by atoms with Crippen LogP contribution in [0, 0.1) is 0 Å². The van der Waals surface area contributed by atoms with Crippen molar-refractivity contribution in [1.82, 2.24) is 24.6 Å². The van der Waals surface area contributed by atoms with Crippen molar-refractivity contribution in [3.05, 3.63) is 43.0 Å². The average molecular weight is 535 g/mol. The number of hydrogen-bond donors (Lipinski definition) is 4. The van der Waals surface area contributed by atoms with E-state index in [0.717, 1.165) is 0 Å². The molecule has 37 heavy (non-hydrogen) atoms. The third kappa shape index (κ3) is 6.06. The Morgan fingerprint density at radius 3 is 2.68 bits per heavy atom. The average Bonchev–Trinajstić information content (AvgIpc) is 3.40. The minimum Gasteiger partial charge on any atom is -0.462 e. The largest absolute Gasteiger partial charge is 0.462 e. The molecule has 1 aliphatic rings. The first-order chi connectivity index (χ1) is 17.6. The lowest BCUT2D eigenvalue weighted by Gasteiger charge is -2.25. The first-order valence-electron chi connectivity index (χ1n) is 11.6. The molecular weight excluding hydrogens is 505 g/mol. The normalized spacial score (nSPS) is 24.2. The van der Waals surface area contributed by atoms with Crippen molar-refractivity contribution >= 4 is 30.7 Å². The van der Waals surface area contributed by atoms with Crippen LogP contribution in [0.2, 0.25) is 0 Å². The van der Waals surface area contributed by atoms with Crippen LogP contribution in [-0.4, -0.2) is 67.6 Å². The molecule has 14 nitrogen and oxygen atoms in total. The summed E-state index contributed by atoms with van der Waals surface area (Å²) < 4.78 is 37.6. The number of nitrogens with two attached hydrogens (primary N) is 2. The summed E-state index contributed by atoms with van der Waals surface area (Å²) in [6, 6.07) is 6.38. The number of aromatic nitrogens is 4. The fourth-order valence-electron chi connectivity index (χ4n) is 3.72. The molecule has 1 aromatic carbocycles. The second-order valence-electron chi connectivity index (χ2n) is 8.75. The molecule has 4 rings (SSSR count). The number of ether oxygens (including phenoxy) is 2. The van der Waals surface area contributed by atoms with Crippen molar-refractivity contribution in [2.75, 3.05) is 12.3 Å². The van der Waals surface area contributed by atoms with Crippen molar-refractivity contribution in [3.63, 3.8) is 0 Å². The SMILES string of the molecule is CC(C)OC(=O)[C@@H](C)N[P@](=O)(OC[C@H]1O[C@@H](n2cnc3c(N)ncnc32)[C@H](N)[C@@H]1O)Oc1ccccc1. The summed E-state index contributed by atoms with van der Waals surface area (Å²) in [5.41, 5.74) is 12.8. The molecule has 3 heterocycles. The summed E-state index contributed by atoms with van der Waals surface area (Å²) in [4.78, 5) is 24.6. The standard InChI is InChI=1S/C22H30N7O7P/c1-12(2)34-22(31)13(3)28-37(32,36-14-7-5-4-6-8-14)33-9-15-18(30)16(23)21(35-15)29-11-27-17-19(24)25-10-26-20(17)29/h4-8,10-13,15-16,18,21,30H,9,23H2,1-3H3,(H,28,32)(H2,24,25,26)/t13-,15-,16-,18-,21-,37+/m1/s1. The van der Waals surface area contributed by atoms with E-state index in [1.54, 1.807) is 44.2 Å². The summed E-state index contributed by atoms with van der Waals surface area (Å²) in [6.07, 6.45) is -0.720. The highest BCUT2D eigenvalue weighted by Crippen LogP contribution is 2.46. The van der Waals surface area contributed by atoms with Gasteiger partial charge in [0.2, 0.25) is 0 Å². The zero-order valence-electron chi connectivity index (χ0n) is 20.5. The number of aliphatic hydroxyl groups is 1. The number of nitrogens with one attached hydrogen (secondary N) is 1. The maximum atomic E-state index is 13.7. The van der Waals surface area contributed by atoms with E-state index in [0.29, 0.717) is 11.2 Å². The lowest BCUT2D eigenvalue weighted by atomic mass is 10.1. The number of anilines is 1. The Bertz CT molecular complexity index is 1270. The van der Waals surface area contributed by atoms with Gasteiger partial charge in [-0.05, 0) is 32.9 Å². The Labute approximate surface area is 212 Å². The highest BCUT2D eigenvalue weighted by Gasteiger charge is 2.45. The van der Waals surface area contributed by atoms with Gasteiger partial charge in [-0.25, -0.2) is 19.5 Å². The van der Waals surface area contributed by atoms with Crippen LogP contribution < -0.4 is 21.1 Å². The molecule has 2 aromatic heterocycles. The lowest BCUT2D eigenvalue weighted by Crippen LogP contribution is -2.40. The first kappa shape index (κ1) is 26.9. The molecule has 0 radical (unpaired) electrons. The highest BCUT2D eigenvalue weighted by molar-refractivity contribution is 7.52. The van der Waals surface area contributed by atoms with Crippen molar-refractivity contribution in [2.24, 2.45) is 5.73 Å². The monoisotopic (exact) mass is 535 g/mol. The summed E-state index contributed by atoms with van der Waals surface area (Å²) in [7, 11) is -4.16. The molecular formula is C22H30N7O7P. The van der Waals surface area contributed by atoms with Crippen LogP contribution in [0.25, 0.3) is 11.2 Å². The van der Waals surface area contributed by atoms with Crippen LogP contribution in [-0.2, 0) is 23.4 Å². The molecule has 0 spiro atoms. The molecule has 1 fully saturated rings. The molecule has 0 unspecified atom stereocenters. The number of carbonyl (C=O) groups excluding carboxylic acids is 1. The van der Waals surface area contributed by atoms with Crippen LogP contribution >= 0.6 is 7.75 Å². The van der Waals surface area contributed by atoms with E-state index in [9.17, 15) is 14.5 Å². The number of imidazole rings is 1. The maximum absolute atomic E-state index is 13.7. The maximum Gasteiger partial charge on any atom is 0.459 e. The smallest absolute Gasteiger partial charge is 0.459 e. The van der Waals surface area contributed by atoms with Gasteiger partial charge in [0.1, 0.15) is 35.8 Å². The third-order valence-corrected chi connectivity index (χ3v) is 7.16. The van der Waals surface area contributed by atoms with Crippen LogP contribution in [0.5, 0.6) is 5.75 Å². The van der Waals surface area contributed by atoms with Crippen molar-refractivity contribution in [3.8, 4) is 5.75 Å². The Morgan fingerprint density at radius 1 is 1.24 bits per heavy atom. The zero-order chi connectivity index (χ0) is 26.7. The van der Waals surface area contributed by atoms with E-state index in [1.807, 2.05) is 0 Å². The summed E-state index contributed by atoms with van der Waals surface area (Å²) >= 11 is 0. The Morgan fingerprint density at radius 2 is 1.97 bits per heavy atom. The van der Waals surface area contributed by atoms with Gasteiger partial charge in [-0.2, -0.15) is 5.09 Å². The van der Waals surface area contributed by atoms with Crippen LogP contribution in [0.1, 0.15) is 27.0 Å². The number of nitrogens with zero attached hydrogens (tertiary/aromatic N) is 4. The molecule has 15 heteroatoms. The van der Waals surface area contributed by atoms with Gasteiger partial charge in [0.15, 0.2) is 17.7 Å². The molecule has 0 amide bonds. The van der Waals surface area contributed by atoms with Gasteiger partial charge in [0.05, 0.1) is 25.1 Å². The van der Waals surface area contributed by atoms with Gasteiger partial charge in [0.25, 0.3) is 0 Å². The van der Waals surface area contributed by atoms with E-state index in [2.05, 4.69) is 20.0 Å². The second kappa shape index (κ2) is 11.1. The predicted molar refractivity (Wildman–Crippen MR) is 132 cm³/mol. The molecule has 3 aromatic rings. The topological polar surface area (TPSA) is 199 Å². The Hall–Kier alpha value is -3.13. The molecule has 1 aliphatic heterocycles. The fourth-order valence-corrected chi connectivity index (χ4v) is 5.22. The second-order valence-corrected chi connectivity index (χ2v) is 10.4. The van der Waals surface area contributed by atoms with Gasteiger partial charge in [-0.1, -0.05) is 18.2 Å². The molecule has 1 saturated heterocycles. The van der Waals surface area contributed by atoms with Gasteiger partial charge in [-0.3, -0.25) is 13.9 Å². The quantitative estimate of drug-likeness (QED) is 0.213. The van der Waals surface area contributed by atoms with Crippen LogP contribution in [0.15, 0.2) is 43.0 Å². The van der Waals surface area contributed by atoms with Gasteiger partial charge < -0.3 is 30.6 Å². The van der Waals surface area contributed by atoms with Crippen molar-refractivity contribution in [2.45, 2.75) is 57.4 Å². The Balaban J connectivity index is 1.50. The third-order valence-electron chi connectivity index (χ3n) is 5.51. The van der Waals surface area contributed by atoms with E-state index >= 15 is 0 Å². The summed E-state index contributed by atoms with van der Waals surface area (Å²) in [5, 5.41) is 13.4. The summed E-state index contributed by atoms with van der Waals surface area (Å²) in [6.45, 7) is 4.49. The van der Waals surface area contributed by atoms with Crippen molar-refractivity contribution < 1.29 is 33.0 Å².